The van der Waals surface area contributed by atoms with E-state index in [1.165, 1.54) is 0 Å². The van der Waals surface area contributed by atoms with Crippen LogP contribution in [0, 0.1) is 6.92 Å². The van der Waals surface area contributed by atoms with Crippen LogP contribution in [-0.4, -0.2) is 25.5 Å². The molecule has 26 heavy (non-hydrogen) atoms. The maximum Gasteiger partial charge on any atom is 0.250 e. The molecule has 0 aliphatic heterocycles. The molecule has 1 unspecified atom stereocenters. The number of carbonyl (C=O) groups excluding carboxylic acids is 1. The van der Waals surface area contributed by atoms with Crippen molar-refractivity contribution in [3.05, 3.63) is 62.4 Å². The van der Waals surface area contributed by atoms with E-state index in [0.717, 1.165) is 11.3 Å². The van der Waals surface area contributed by atoms with Crippen LogP contribution >= 0.6 is 39.1 Å². The number of amides is 1. The fourth-order valence-electron chi connectivity index (χ4n) is 2.38. The first-order valence-corrected chi connectivity index (χ1v) is 9.38. The maximum atomic E-state index is 12.4. The second kappa shape index (κ2) is 7.82. The van der Waals surface area contributed by atoms with Crippen molar-refractivity contribution in [1.82, 2.24) is 19.6 Å². The summed E-state index contributed by atoms with van der Waals surface area (Å²) in [7, 11) is 0. The molecule has 3 aromatic rings. The molecule has 0 radical (unpaired) electrons. The molecule has 0 aliphatic carbocycles. The Bertz CT molecular complexity index is 953. The molecule has 9 heteroatoms. The third kappa shape index (κ3) is 4.28. The number of hydrogen-bond donors (Lipinski definition) is 1. The minimum atomic E-state index is -0.448. The summed E-state index contributed by atoms with van der Waals surface area (Å²) in [5.74, 6) is 0.249. The lowest BCUT2D eigenvalue weighted by atomic mass is 10.2. The number of aromatic nitrogens is 4. The first-order valence-electron chi connectivity index (χ1n) is 7.83. The van der Waals surface area contributed by atoms with Gasteiger partial charge in [0, 0.05) is 12.4 Å². The van der Waals surface area contributed by atoms with Crippen molar-refractivity contribution in [3.8, 4) is 0 Å². The van der Waals surface area contributed by atoms with E-state index in [4.69, 9.17) is 23.2 Å². The summed E-state index contributed by atoms with van der Waals surface area (Å²) in [6, 6.07) is 6.82. The number of halogens is 3. The standard InChI is InChI=1S/C17H16BrCl2N5O/c1-10-5-6-25(22-10)11(2)17(26)21-16-13(18)9-24(23-16)8-12-3-4-14(19)15(20)7-12/h3-7,9,11H,8H2,1-2H3,(H,21,23,26). The van der Waals surface area contributed by atoms with E-state index in [2.05, 4.69) is 31.4 Å². The summed E-state index contributed by atoms with van der Waals surface area (Å²) in [5, 5.41) is 12.5. The van der Waals surface area contributed by atoms with E-state index in [-0.39, 0.29) is 5.91 Å². The van der Waals surface area contributed by atoms with Gasteiger partial charge >= 0.3 is 0 Å². The highest BCUT2D eigenvalue weighted by Gasteiger charge is 2.18. The zero-order valence-electron chi connectivity index (χ0n) is 14.1. The van der Waals surface area contributed by atoms with Crippen LogP contribution in [0.15, 0.2) is 41.1 Å². The lowest BCUT2D eigenvalue weighted by Gasteiger charge is -2.11. The fourth-order valence-corrected chi connectivity index (χ4v) is 3.11. The van der Waals surface area contributed by atoms with Crippen molar-refractivity contribution in [1.29, 1.82) is 0 Å². The Hall–Kier alpha value is -1.83. The largest absolute Gasteiger partial charge is 0.306 e. The zero-order chi connectivity index (χ0) is 18.8. The Morgan fingerprint density at radius 3 is 2.69 bits per heavy atom. The van der Waals surface area contributed by atoms with Gasteiger partial charge in [0.2, 0.25) is 5.91 Å². The first kappa shape index (κ1) is 18.9. The lowest BCUT2D eigenvalue weighted by molar-refractivity contribution is -0.119. The summed E-state index contributed by atoms with van der Waals surface area (Å²) in [5.41, 5.74) is 1.81. The van der Waals surface area contributed by atoms with E-state index < -0.39 is 6.04 Å². The number of hydrogen-bond acceptors (Lipinski definition) is 3. The Balaban J connectivity index is 1.71. The van der Waals surface area contributed by atoms with E-state index in [9.17, 15) is 4.79 Å². The smallest absolute Gasteiger partial charge is 0.250 e. The van der Waals surface area contributed by atoms with Crippen molar-refractivity contribution in [2.45, 2.75) is 26.4 Å². The molecule has 0 aliphatic rings. The van der Waals surface area contributed by atoms with Crippen molar-refractivity contribution in [2.24, 2.45) is 0 Å². The predicted molar refractivity (Wildman–Crippen MR) is 106 cm³/mol. The monoisotopic (exact) mass is 455 g/mol. The van der Waals surface area contributed by atoms with Crippen LogP contribution < -0.4 is 5.32 Å². The number of nitrogens with one attached hydrogen (secondary N) is 1. The van der Waals surface area contributed by atoms with Gasteiger partial charge in [-0.25, -0.2) is 0 Å². The fraction of sp³-hybridized carbons (Fsp3) is 0.235. The van der Waals surface area contributed by atoms with Crippen LogP contribution in [0.1, 0.15) is 24.2 Å². The van der Waals surface area contributed by atoms with E-state index in [1.54, 1.807) is 40.8 Å². The highest BCUT2D eigenvalue weighted by Crippen LogP contribution is 2.25. The number of benzene rings is 1. The molecule has 1 N–H and O–H groups in total. The molecular formula is C17H16BrCl2N5O. The van der Waals surface area contributed by atoms with Gasteiger partial charge in [-0.3, -0.25) is 14.2 Å². The molecule has 3 rings (SSSR count). The number of aryl methyl sites for hydroxylation is 1. The molecule has 1 atom stereocenters. The van der Waals surface area contributed by atoms with Crippen LogP contribution in [-0.2, 0) is 11.3 Å². The number of nitrogens with zero attached hydrogens (tertiary/aromatic N) is 4. The summed E-state index contributed by atoms with van der Waals surface area (Å²) in [6.07, 6.45) is 3.57. The topological polar surface area (TPSA) is 64.7 Å². The normalized spacial score (nSPS) is 12.2. The first-order chi connectivity index (χ1) is 12.3. The molecule has 2 heterocycles. The second-order valence-corrected chi connectivity index (χ2v) is 7.54. The van der Waals surface area contributed by atoms with Gasteiger partial charge in [-0.1, -0.05) is 29.3 Å². The van der Waals surface area contributed by atoms with Crippen LogP contribution in [0.25, 0.3) is 0 Å². The van der Waals surface area contributed by atoms with Gasteiger partial charge in [-0.05, 0) is 53.5 Å². The molecule has 2 aromatic heterocycles. The molecule has 0 bridgehead atoms. The highest BCUT2D eigenvalue weighted by molar-refractivity contribution is 9.10. The predicted octanol–water partition coefficient (Wildman–Crippen LogP) is 4.71. The van der Waals surface area contributed by atoms with Gasteiger partial charge in [-0.2, -0.15) is 10.2 Å². The average Bonchev–Trinajstić information content (AvgIpc) is 3.16. The number of rotatable bonds is 5. The van der Waals surface area contributed by atoms with E-state index in [1.807, 2.05) is 19.1 Å². The minimum absolute atomic E-state index is 0.200. The van der Waals surface area contributed by atoms with Gasteiger partial charge in [0.15, 0.2) is 5.82 Å². The van der Waals surface area contributed by atoms with Gasteiger partial charge < -0.3 is 5.32 Å². The second-order valence-electron chi connectivity index (χ2n) is 5.87. The number of anilines is 1. The molecule has 6 nitrogen and oxygen atoms in total. The lowest BCUT2D eigenvalue weighted by Crippen LogP contribution is -2.24. The molecular weight excluding hydrogens is 441 g/mol. The molecule has 0 spiro atoms. The maximum absolute atomic E-state index is 12.4. The van der Waals surface area contributed by atoms with Crippen molar-refractivity contribution in [3.63, 3.8) is 0 Å². The van der Waals surface area contributed by atoms with Crippen molar-refractivity contribution >= 4 is 50.9 Å². The van der Waals surface area contributed by atoms with Crippen molar-refractivity contribution < 1.29 is 4.79 Å². The third-order valence-electron chi connectivity index (χ3n) is 3.81. The number of carbonyl (C=O) groups is 1. The summed E-state index contributed by atoms with van der Waals surface area (Å²) < 4.78 is 4.02. The SMILES string of the molecule is Cc1ccn(C(C)C(=O)Nc2nn(Cc3ccc(Cl)c(Cl)c3)cc2Br)n1. The average molecular weight is 457 g/mol. The molecule has 0 saturated carbocycles. The highest BCUT2D eigenvalue weighted by atomic mass is 79.9. The third-order valence-corrected chi connectivity index (χ3v) is 5.12. The van der Waals surface area contributed by atoms with Crippen molar-refractivity contribution in [2.75, 3.05) is 5.32 Å². The Labute approximate surface area is 169 Å². The van der Waals surface area contributed by atoms with E-state index >= 15 is 0 Å². The summed E-state index contributed by atoms with van der Waals surface area (Å²) >= 11 is 15.4. The quantitative estimate of drug-likeness (QED) is 0.604. The van der Waals surface area contributed by atoms with Crippen LogP contribution in [0.3, 0.4) is 0 Å². The van der Waals surface area contributed by atoms with E-state index in [0.29, 0.717) is 26.9 Å². The van der Waals surface area contributed by atoms with Gasteiger partial charge in [0.05, 0.1) is 26.8 Å². The minimum Gasteiger partial charge on any atom is -0.306 e. The van der Waals surface area contributed by atoms with Crippen LogP contribution in [0.5, 0.6) is 0 Å². The Kier molecular flexibility index (Phi) is 5.70. The molecule has 1 aromatic carbocycles. The van der Waals surface area contributed by atoms with Crippen LogP contribution in [0.2, 0.25) is 10.0 Å². The molecule has 1 amide bonds. The van der Waals surface area contributed by atoms with Gasteiger partial charge in [0.1, 0.15) is 6.04 Å². The molecule has 0 saturated heterocycles. The van der Waals surface area contributed by atoms with Gasteiger partial charge in [0.25, 0.3) is 0 Å². The summed E-state index contributed by atoms with van der Waals surface area (Å²) in [4.78, 5) is 12.4. The van der Waals surface area contributed by atoms with Gasteiger partial charge in [-0.15, -0.1) is 0 Å². The molecule has 136 valence electrons. The Morgan fingerprint density at radius 1 is 1.27 bits per heavy atom. The Morgan fingerprint density at radius 2 is 2.04 bits per heavy atom. The molecule has 0 fully saturated rings. The van der Waals surface area contributed by atoms with Crippen LogP contribution in [0.4, 0.5) is 5.82 Å². The zero-order valence-corrected chi connectivity index (χ0v) is 17.2. The summed E-state index contributed by atoms with van der Waals surface area (Å²) in [6.45, 7) is 4.16.